The van der Waals surface area contributed by atoms with Gasteiger partial charge in [-0.3, -0.25) is 14.3 Å². The Bertz CT molecular complexity index is 660. The van der Waals surface area contributed by atoms with Crippen molar-refractivity contribution in [3.05, 3.63) is 40.7 Å². The maximum absolute atomic E-state index is 12.5. The zero-order valence-electron chi connectivity index (χ0n) is 11.4. The van der Waals surface area contributed by atoms with Gasteiger partial charge < -0.3 is 10.5 Å². The van der Waals surface area contributed by atoms with Gasteiger partial charge in [-0.25, -0.2) is 0 Å². The number of hydrogen-bond acceptors (Lipinski definition) is 4. The molecule has 0 bridgehead atoms. The molecule has 3 rings (SSSR count). The fraction of sp³-hybridized carbons (Fsp3) is 0.400. The number of pyridine rings is 1. The van der Waals surface area contributed by atoms with Gasteiger partial charge in [0, 0.05) is 31.6 Å². The smallest absolute Gasteiger partial charge is 0.260 e. The molecule has 0 unspecified atom stereocenters. The second-order valence-electron chi connectivity index (χ2n) is 5.07. The molecule has 0 radical (unpaired) electrons. The van der Waals surface area contributed by atoms with Crippen molar-refractivity contribution in [1.82, 2.24) is 9.47 Å². The Kier molecular flexibility index (Phi) is 3.71. The fourth-order valence-corrected chi connectivity index (χ4v) is 2.61. The number of nitrogens with two attached hydrogens (primary N) is 1. The zero-order valence-corrected chi connectivity index (χ0v) is 11.4. The average Bonchev–Trinajstić information content (AvgIpc) is 2.48. The molecule has 0 aliphatic carbocycles. The summed E-state index contributed by atoms with van der Waals surface area (Å²) in [6.07, 6.45) is 0. The summed E-state index contributed by atoms with van der Waals surface area (Å²) in [6.45, 7) is 4.82. The summed E-state index contributed by atoms with van der Waals surface area (Å²) in [6, 6.07) is 9.43. The number of aromatic nitrogens is 1. The fourth-order valence-electron chi connectivity index (χ4n) is 2.61. The molecule has 2 heterocycles. The summed E-state index contributed by atoms with van der Waals surface area (Å²) >= 11 is 0. The topological polar surface area (TPSA) is 60.5 Å². The number of anilines is 1. The summed E-state index contributed by atoms with van der Waals surface area (Å²) in [5.41, 5.74) is 6.02. The van der Waals surface area contributed by atoms with Crippen LogP contribution in [-0.4, -0.2) is 42.3 Å². The van der Waals surface area contributed by atoms with E-state index in [1.165, 1.54) is 0 Å². The molecule has 2 N–H and O–H groups in total. The number of fused-ring (bicyclic) bond motifs is 1. The SMILES string of the molecule is Nc1cc2ccccc2c(=O)n1CCN1CCOCC1. The Morgan fingerprint density at radius 1 is 1.15 bits per heavy atom. The Labute approximate surface area is 117 Å². The van der Waals surface area contributed by atoms with Gasteiger partial charge in [-0.2, -0.15) is 0 Å². The number of nitrogen functional groups attached to an aromatic ring is 1. The maximum Gasteiger partial charge on any atom is 0.260 e. The van der Waals surface area contributed by atoms with Crippen LogP contribution in [0.4, 0.5) is 5.82 Å². The van der Waals surface area contributed by atoms with Crippen LogP contribution in [0.3, 0.4) is 0 Å². The van der Waals surface area contributed by atoms with Crippen LogP contribution in [0.1, 0.15) is 0 Å². The lowest BCUT2D eigenvalue weighted by atomic mass is 10.1. The summed E-state index contributed by atoms with van der Waals surface area (Å²) in [7, 11) is 0. The number of hydrogen-bond donors (Lipinski definition) is 1. The van der Waals surface area contributed by atoms with Gasteiger partial charge >= 0.3 is 0 Å². The van der Waals surface area contributed by atoms with E-state index in [0.717, 1.165) is 43.6 Å². The minimum atomic E-state index is -0.00569. The molecule has 1 aromatic carbocycles. The van der Waals surface area contributed by atoms with Crippen LogP contribution in [0.15, 0.2) is 35.1 Å². The number of ether oxygens (including phenoxy) is 1. The van der Waals surface area contributed by atoms with Gasteiger partial charge in [-0.1, -0.05) is 18.2 Å². The van der Waals surface area contributed by atoms with Gasteiger partial charge in [0.15, 0.2) is 0 Å². The highest BCUT2D eigenvalue weighted by molar-refractivity contribution is 5.83. The minimum Gasteiger partial charge on any atom is -0.385 e. The second-order valence-corrected chi connectivity index (χ2v) is 5.07. The van der Waals surface area contributed by atoms with Crippen LogP contribution in [0.2, 0.25) is 0 Å². The third-order valence-corrected chi connectivity index (χ3v) is 3.79. The molecular formula is C15H19N3O2. The van der Waals surface area contributed by atoms with Crippen molar-refractivity contribution in [2.75, 3.05) is 38.6 Å². The maximum atomic E-state index is 12.5. The lowest BCUT2D eigenvalue weighted by molar-refractivity contribution is 0.0364. The largest absolute Gasteiger partial charge is 0.385 e. The lowest BCUT2D eigenvalue weighted by Gasteiger charge is -2.27. The summed E-state index contributed by atoms with van der Waals surface area (Å²) in [5.74, 6) is 0.530. The van der Waals surface area contributed by atoms with E-state index >= 15 is 0 Å². The predicted molar refractivity (Wildman–Crippen MR) is 79.9 cm³/mol. The Morgan fingerprint density at radius 2 is 1.90 bits per heavy atom. The van der Waals surface area contributed by atoms with Crippen LogP contribution in [0.25, 0.3) is 10.8 Å². The molecule has 1 aliphatic heterocycles. The van der Waals surface area contributed by atoms with Gasteiger partial charge in [0.2, 0.25) is 0 Å². The van der Waals surface area contributed by atoms with E-state index in [1.807, 2.05) is 30.3 Å². The van der Waals surface area contributed by atoms with E-state index < -0.39 is 0 Å². The first kappa shape index (κ1) is 13.1. The first-order valence-corrected chi connectivity index (χ1v) is 6.94. The molecule has 0 saturated carbocycles. The average molecular weight is 273 g/mol. The quantitative estimate of drug-likeness (QED) is 0.903. The number of nitrogens with zero attached hydrogens (tertiary/aromatic N) is 2. The van der Waals surface area contributed by atoms with Crippen LogP contribution >= 0.6 is 0 Å². The predicted octanol–water partition coefficient (Wildman–Crippen LogP) is 0.916. The molecule has 0 spiro atoms. The molecule has 0 amide bonds. The van der Waals surface area contributed by atoms with Crippen molar-refractivity contribution in [3.8, 4) is 0 Å². The number of rotatable bonds is 3. The Morgan fingerprint density at radius 3 is 2.70 bits per heavy atom. The summed E-state index contributed by atoms with van der Waals surface area (Å²) in [5, 5.41) is 1.63. The van der Waals surface area contributed by atoms with E-state index in [-0.39, 0.29) is 5.56 Å². The first-order chi connectivity index (χ1) is 9.75. The number of morpholine rings is 1. The molecule has 106 valence electrons. The van der Waals surface area contributed by atoms with Crippen molar-refractivity contribution >= 4 is 16.6 Å². The van der Waals surface area contributed by atoms with Crippen LogP contribution < -0.4 is 11.3 Å². The molecule has 5 nitrogen and oxygen atoms in total. The monoisotopic (exact) mass is 273 g/mol. The Balaban J connectivity index is 1.85. The van der Waals surface area contributed by atoms with Crippen molar-refractivity contribution in [2.24, 2.45) is 0 Å². The van der Waals surface area contributed by atoms with E-state index in [4.69, 9.17) is 10.5 Å². The molecule has 2 aromatic rings. The molecule has 0 atom stereocenters. The van der Waals surface area contributed by atoms with Crippen LogP contribution in [-0.2, 0) is 11.3 Å². The standard InChI is InChI=1S/C15H19N3O2/c16-14-11-12-3-1-2-4-13(12)15(19)18(14)6-5-17-7-9-20-10-8-17/h1-4,11H,5-10,16H2. The minimum absolute atomic E-state index is 0.00569. The molecule has 20 heavy (non-hydrogen) atoms. The van der Waals surface area contributed by atoms with Gasteiger partial charge in [-0.05, 0) is 17.5 Å². The Hall–Kier alpha value is -1.85. The highest BCUT2D eigenvalue weighted by Crippen LogP contribution is 2.13. The normalized spacial score (nSPS) is 16.6. The molecule has 5 heteroatoms. The third-order valence-electron chi connectivity index (χ3n) is 3.79. The zero-order chi connectivity index (χ0) is 13.9. The van der Waals surface area contributed by atoms with Crippen molar-refractivity contribution in [2.45, 2.75) is 6.54 Å². The van der Waals surface area contributed by atoms with Gasteiger partial charge in [0.25, 0.3) is 5.56 Å². The van der Waals surface area contributed by atoms with E-state index in [1.54, 1.807) is 4.57 Å². The van der Waals surface area contributed by atoms with Gasteiger partial charge in [0.1, 0.15) is 5.82 Å². The van der Waals surface area contributed by atoms with E-state index in [0.29, 0.717) is 12.4 Å². The summed E-state index contributed by atoms with van der Waals surface area (Å²) < 4.78 is 6.99. The third kappa shape index (κ3) is 2.55. The van der Waals surface area contributed by atoms with E-state index in [9.17, 15) is 4.79 Å². The van der Waals surface area contributed by atoms with Crippen LogP contribution in [0, 0.1) is 0 Å². The summed E-state index contributed by atoms with van der Waals surface area (Å²) in [4.78, 5) is 14.8. The van der Waals surface area contributed by atoms with Crippen molar-refractivity contribution in [3.63, 3.8) is 0 Å². The van der Waals surface area contributed by atoms with Crippen molar-refractivity contribution < 1.29 is 4.74 Å². The van der Waals surface area contributed by atoms with Gasteiger partial charge in [-0.15, -0.1) is 0 Å². The molecule has 1 aliphatic rings. The molecule has 1 aromatic heterocycles. The lowest BCUT2D eigenvalue weighted by Crippen LogP contribution is -2.39. The number of benzene rings is 1. The van der Waals surface area contributed by atoms with E-state index in [2.05, 4.69) is 4.90 Å². The van der Waals surface area contributed by atoms with Crippen LogP contribution in [0.5, 0.6) is 0 Å². The molecule has 1 fully saturated rings. The van der Waals surface area contributed by atoms with Gasteiger partial charge in [0.05, 0.1) is 13.2 Å². The first-order valence-electron chi connectivity index (χ1n) is 6.94. The highest BCUT2D eigenvalue weighted by atomic mass is 16.5. The highest BCUT2D eigenvalue weighted by Gasteiger charge is 2.12. The second kappa shape index (κ2) is 5.64. The molecule has 1 saturated heterocycles. The van der Waals surface area contributed by atoms with Crippen molar-refractivity contribution in [1.29, 1.82) is 0 Å². The molecular weight excluding hydrogens is 254 g/mol.